The first kappa shape index (κ1) is 35.1. The maximum absolute atomic E-state index is 12.4. The van der Waals surface area contributed by atoms with Crippen LogP contribution in [0.25, 0.3) is 0 Å². The van der Waals surface area contributed by atoms with Gasteiger partial charge in [0.1, 0.15) is 12.4 Å². The maximum atomic E-state index is 12.4. The zero-order valence-electron chi connectivity index (χ0n) is 24.2. The van der Waals surface area contributed by atoms with Crippen molar-refractivity contribution >= 4 is 22.1 Å². The summed E-state index contributed by atoms with van der Waals surface area (Å²) in [5, 5.41) is 0. The normalized spacial score (nSPS) is 11.4. The van der Waals surface area contributed by atoms with E-state index in [0.29, 0.717) is 0 Å². The molecule has 0 amide bonds. The third-order valence-electron chi connectivity index (χ3n) is 6.92. The lowest BCUT2D eigenvalue weighted by atomic mass is 10.0. The molecule has 0 aliphatic carbocycles. The van der Waals surface area contributed by atoms with Crippen molar-refractivity contribution < 1.29 is 32.0 Å². The van der Waals surface area contributed by atoms with Crippen molar-refractivity contribution in [3.05, 3.63) is 35.4 Å². The van der Waals surface area contributed by atoms with E-state index in [4.69, 9.17) is 14.0 Å². The molecule has 0 aromatic heterocycles. The number of unbranched alkanes of at least 4 members (excludes halogenated alkanes) is 18. The van der Waals surface area contributed by atoms with Gasteiger partial charge in [0.2, 0.25) is 0 Å². The van der Waals surface area contributed by atoms with Crippen molar-refractivity contribution in [2.45, 2.75) is 129 Å². The molecule has 8 heteroatoms. The minimum atomic E-state index is -4.23. The van der Waals surface area contributed by atoms with Gasteiger partial charge in [-0.2, -0.15) is 8.42 Å². The van der Waals surface area contributed by atoms with Gasteiger partial charge in [0.05, 0.1) is 17.7 Å². The Hall–Kier alpha value is -1.93. The van der Waals surface area contributed by atoms with Gasteiger partial charge in [-0.25, -0.2) is 9.59 Å². The minimum absolute atomic E-state index is 0.00556. The molecular formula is C31H52O7S. The molecule has 0 atom stereocenters. The van der Waals surface area contributed by atoms with Crippen molar-refractivity contribution in [1.29, 1.82) is 0 Å². The molecule has 7 nitrogen and oxygen atoms in total. The molecule has 0 bridgehead atoms. The molecule has 39 heavy (non-hydrogen) atoms. The molecule has 0 radical (unpaired) electrons. The van der Waals surface area contributed by atoms with Crippen LogP contribution in [0.15, 0.2) is 24.3 Å². The van der Waals surface area contributed by atoms with Crippen LogP contribution >= 0.6 is 0 Å². The third-order valence-corrected chi connectivity index (χ3v) is 7.60. The summed E-state index contributed by atoms with van der Waals surface area (Å²) in [6, 6.07) is 6.08. The Bertz CT molecular complexity index is 883. The number of hydrogen-bond donors (Lipinski definition) is 1. The highest BCUT2D eigenvalue weighted by atomic mass is 32.2. The van der Waals surface area contributed by atoms with Crippen molar-refractivity contribution in [3.8, 4) is 0 Å². The molecule has 1 aromatic carbocycles. The fourth-order valence-electron chi connectivity index (χ4n) is 4.58. The number of carbonyl (C=O) groups is 2. The summed E-state index contributed by atoms with van der Waals surface area (Å²) in [5.41, 5.74) is 0.0816. The van der Waals surface area contributed by atoms with Crippen LogP contribution in [-0.2, 0) is 19.6 Å². The summed E-state index contributed by atoms with van der Waals surface area (Å²) >= 11 is 0. The van der Waals surface area contributed by atoms with E-state index in [1.807, 2.05) is 0 Å². The van der Waals surface area contributed by atoms with Crippen LogP contribution in [0.1, 0.15) is 150 Å². The molecule has 0 spiro atoms. The van der Waals surface area contributed by atoms with Gasteiger partial charge < -0.3 is 9.47 Å². The van der Waals surface area contributed by atoms with Crippen molar-refractivity contribution in [1.82, 2.24) is 0 Å². The maximum Gasteiger partial charge on any atom is 0.339 e. The Kier molecular flexibility index (Phi) is 20.6. The van der Waals surface area contributed by atoms with Gasteiger partial charge in [0.25, 0.3) is 10.1 Å². The summed E-state index contributed by atoms with van der Waals surface area (Å²) in [4.78, 5) is 24.6. The van der Waals surface area contributed by atoms with E-state index in [2.05, 4.69) is 6.92 Å². The highest BCUT2D eigenvalue weighted by Gasteiger charge is 2.19. The highest BCUT2D eigenvalue weighted by Crippen LogP contribution is 2.15. The lowest BCUT2D eigenvalue weighted by Crippen LogP contribution is -2.18. The lowest BCUT2D eigenvalue weighted by molar-refractivity contribution is 0.0463. The highest BCUT2D eigenvalue weighted by molar-refractivity contribution is 7.85. The molecule has 1 aromatic rings. The number of rotatable bonds is 25. The van der Waals surface area contributed by atoms with Gasteiger partial charge in [0.15, 0.2) is 0 Å². The second kappa shape index (κ2) is 22.8. The Morgan fingerprint density at radius 2 is 0.923 bits per heavy atom. The quantitative estimate of drug-likeness (QED) is 0.0718. The number of benzene rings is 1. The van der Waals surface area contributed by atoms with E-state index in [-0.39, 0.29) is 17.7 Å². The first-order valence-corrected chi connectivity index (χ1v) is 16.8. The standard InChI is InChI=1S/C31H52O7S/c1-2-3-4-5-6-7-8-9-10-11-12-13-14-15-16-17-18-19-22-25-37-30(32)28-23-20-21-24-29(28)31(33)38-26-27-39(34,35)36/h20-21,23-24H,2-19,22,25-27H2,1H3,(H,34,35,36). The van der Waals surface area contributed by atoms with Crippen LogP contribution in [0, 0.1) is 0 Å². The van der Waals surface area contributed by atoms with Crippen molar-refractivity contribution in [2.75, 3.05) is 19.0 Å². The summed E-state index contributed by atoms with van der Waals surface area (Å²) in [5.74, 6) is -2.15. The molecule has 224 valence electrons. The number of esters is 2. The number of carbonyl (C=O) groups excluding carboxylic acids is 2. The summed E-state index contributed by atoms with van der Waals surface area (Å²) in [6.07, 6.45) is 24.7. The summed E-state index contributed by atoms with van der Waals surface area (Å²) < 4.78 is 40.5. The SMILES string of the molecule is CCCCCCCCCCCCCCCCCCCCCOC(=O)c1ccccc1C(=O)OCCS(=O)(=O)O. The summed E-state index contributed by atoms with van der Waals surface area (Å²) in [7, 11) is -4.23. The Labute approximate surface area is 237 Å². The van der Waals surface area contributed by atoms with Crippen molar-refractivity contribution in [3.63, 3.8) is 0 Å². The monoisotopic (exact) mass is 568 g/mol. The Balaban J connectivity index is 2.00. The topological polar surface area (TPSA) is 107 Å². The molecule has 0 saturated carbocycles. The molecule has 0 aliphatic rings. The first-order valence-electron chi connectivity index (χ1n) is 15.2. The van der Waals surface area contributed by atoms with E-state index in [1.54, 1.807) is 12.1 Å². The Morgan fingerprint density at radius 1 is 0.590 bits per heavy atom. The number of hydrogen-bond acceptors (Lipinski definition) is 6. The predicted molar refractivity (Wildman–Crippen MR) is 157 cm³/mol. The van der Waals surface area contributed by atoms with E-state index < -0.39 is 34.4 Å². The van der Waals surface area contributed by atoms with E-state index in [0.717, 1.165) is 19.3 Å². The molecule has 0 fully saturated rings. The fourth-order valence-corrected chi connectivity index (χ4v) is 4.87. The predicted octanol–water partition coefficient (Wildman–Crippen LogP) is 8.32. The van der Waals surface area contributed by atoms with Gasteiger partial charge in [-0.15, -0.1) is 0 Å². The molecule has 1 rings (SSSR count). The van der Waals surface area contributed by atoms with E-state index in [9.17, 15) is 18.0 Å². The van der Waals surface area contributed by atoms with Crippen molar-refractivity contribution in [2.24, 2.45) is 0 Å². The van der Waals surface area contributed by atoms with Gasteiger partial charge >= 0.3 is 11.9 Å². The van der Waals surface area contributed by atoms with E-state index in [1.165, 1.54) is 115 Å². The Morgan fingerprint density at radius 3 is 1.28 bits per heavy atom. The van der Waals surface area contributed by atoms with Crippen LogP contribution in [0.2, 0.25) is 0 Å². The minimum Gasteiger partial charge on any atom is -0.462 e. The second-order valence-corrected chi connectivity index (χ2v) is 12.0. The fraction of sp³-hybridized carbons (Fsp3) is 0.742. The zero-order valence-corrected chi connectivity index (χ0v) is 25.0. The summed E-state index contributed by atoms with van der Waals surface area (Å²) in [6.45, 7) is 2.05. The van der Waals surface area contributed by atoms with Gasteiger partial charge in [-0.05, 0) is 18.6 Å². The molecule has 1 N–H and O–H groups in total. The van der Waals surface area contributed by atoms with Gasteiger partial charge in [0, 0.05) is 0 Å². The average molecular weight is 569 g/mol. The average Bonchev–Trinajstić information content (AvgIpc) is 2.91. The third kappa shape index (κ3) is 19.7. The second-order valence-electron chi connectivity index (χ2n) is 10.5. The van der Waals surface area contributed by atoms with E-state index >= 15 is 0 Å². The molecule has 0 unspecified atom stereocenters. The van der Waals surface area contributed by atoms with Crippen LogP contribution in [0.5, 0.6) is 0 Å². The largest absolute Gasteiger partial charge is 0.462 e. The number of ether oxygens (including phenoxy) is 2. The zero-order chi connectivity index (χ0) is 28.6. The molecular weight excluding hydrogens is 516 g/mol. The smallest absolute Gasteiger partial charge is 0.339 e. The van der Waals surface area contributed by atoms with Crippen LogP contribution < -0.4 is 0 Å². The molecule has 0 saturated heterocycles. The van der Waals surface area contributed by atoms with Gasteiger partial charge in [-0.3, -0.25) is 4.55 Å². The lowest BCUT2D eigenvalue weighted by Gasteiger charge is -2.09. The van der Waals surface area contributed by atoms with Crippen LogP contribution in [0.3, 0.4) is 0 Å². The van der Waals surface area contributed by atoms with Gasteiger partial charge in [-0.1, -0.05) is 135 Å². The molecule has 0 aliphatic heterocycles. The van der Waals surface area contributed by atoms with Crippen LogP contribution in [0.4, 0.5) is 0 Å². The molecule has 0 heterocycles. The van der Waals surface area contributed by atoms with Crippen LogP contribution in [-0.4, -0.2) is 43.9 Å². The first-order chi connectivity index (χ1) is 18.8.